The van der Waals surface area contributed by atoms with Crippen LogP contribution in [0.5, 0.6) is 0 Å². The lowest BCUT2D eigenvalue weighted by molar-refractivity contribution is 0.259. The molecule has 128 valence electrons. The van der Waals surface area contributed by atoms with Crippen LogP contribution in [0.25, 0.3) is 0 Å². The van der Waals surface area contributed by atoms with Crippen molar-refractivity contribution in [3.8, 4) is 0 Å². The van der Waals surface area contributed by atoms with Gasteiger partial charge in [0.2, 0.25) is 0 Å². The van der Waals surface area contributed by atoms with Crippen LogP contribution < -0.4 is 0 Å². The van der Waals surface area contributed by atoms with Crippen molar-refractivity contribution in [2.45, 2.75) is 31.6 Å². The molecule has 0 aliphatic heterocycles. The highest BCUT2D eigenvalue weighted by Gasteiger charge is 2.30. The first-order chi connectivity index (χ1) is 11.3. The quantitative estimate of drug-likeness (QED) is 0.610. The van der Waals surface area contributed by atoms with Crippen LogP contribution in [-0.4, -0.2) is 20.0 Å². The first kappa shape index (κ1) is 17.3. The lowest BCUT2D eigenvalue weighted by Gasteiger charge is -2.10. The number of aryl methyl sites for hydroxylation is 2. The molecular weight excluding hydrogens is 353 g/mol. The van der Waals surface area contributed by atoms with Crippen LogP contribution in [0, 0.1) is 25.6 Å². The van der Waals surface area contributed by atoms with E-state index in [1.54, 1.807) is 19.1 Å². The van der Waals surface area contributed by atoms with Gasteiger partial charge in [0.15, 0.2) is 0 Å². The molecule has 0 saturated carbocycles. The van der Waals surface area contributed by atoms with Crippen LogP contribution >= 0.6 is 11.6 Å². The molecule has 0 radical (unpaired) electrons. The molecule has 3 rings (SSSR count). The van der Waals surface area contributed by atoms with E-state index in [9.17, 15) is 12.8 Å². The third kappa shape index (κ3) is 3.31. The summed E-state index contributed by atoms with van der Waals surface area (Å²) in [6.07, 6.45) is 0.857. The summed E-state index contributed by atoms with van der Waals surface area (Å²) in [5, 5.41) is 0.285. The summed E-state index contributed by atoms with van der Waals surface area (Å²) in [6, 6.07) is 6.45. The van der Waals surface area contributed by atoms with Crippen LogP contribution in [0.2, 0.25) is 5.15 Å². The second-order valence-electron chi connectivity index (χ2n) is 6.09. The Kier molecular flexibility index (Phi) is 4.64. The molecule has 0 bridgehead atoms. The molecule has 7 heteroatoms. The van der Waals surface area contributed by atoms with Crippen LogP contribution in [0.15, 0.2) is 29.2 Å². The maximum Gasteiger partial charge on any atom is 0.296 e. The number of hydrogen-bond donors (Lipinski definition) is 0. The van der Waals surface area contributed by atoms with Crippen molar-refractivity contribution in [1.29, 1.82) is 0 Å². The fraction of sp³-hybridized carbons (Fsp3) is 0.353. The predicted molar refractivity (Wildman–Crippen MR) is 89.2 cm³/mol. The number of pyridine rings is 1. The van der Waals surface area contributed by atoms with Crippen molar-refractivity contribution in [3.63, 3.8) is 0 Å². The summed E-state index contributed by atoms with van der Waals surface area (Å²) < 4.78 is 43.8. The van der Waals surface area contributed by atoms with Crippen LogP contribution in [0.4, 0.5) is 4.39 Å². The lowest BCUT2D eigenvalue weighted by Crippen LogP contribution is -2.15. The minimum Gasteiger partial charge on any atom is -0.266 e. The molecule has 1 atom stereocenters. The van der Waals surface area contributed by atoms with E-state index in [4.69, 9.17) is 15.8 Å². The minimum absolute atomic E-state index is 0.0142. The molecule has 0 amide bonds. The fourth-order valence-corrected chi connectivity index (χ4v) is 4.18. The number of benzene rings is 1. The zero-order valence-corrected chi connectivity index (χ0v) is 14.9. The molecular formula is C17H17ClFNO3S. The summed E-state index contributed by atoms with van der Waals surface area (Å²) >= 11 is 6.08. The number of fused-ring (bicyclic) bond motifs is 1. The van der Waals surface area contributed by atoms with Gasteiger partial charge >= 0.3 is 0 Å². The summed E-state index contributed by atoms with van der Waals surface area (Å²) in [4.78, 5) is 4.09. The normalized spacial score (nSPS) is 17.1. The van der Waals surface area contributed by atoms with E-state index in [0.29, 0.717) is 24.0 Å². The first-order valence-electron chi connectivity index (χ1n) is 7.57. The number of hydrogen-bond acceptors (Lipinski definition) is 4. The number of halogens is 2. The van der Waals surface area contributed by atoms with E-state index in [1.165, 1.54) is 12.1 Å². The number of aromatic nitrogens is 1. The highest BCUT2D eigenvalue weighted by molar-refractivity contribution is 7.86. The largest absolute Gasteiger partial charge is 0.296 e. The van der Waals surface area contributed by atoms with Gasteiger partial charge in [-0.05, 0) is 55.9 Å². The van der Waals surface area contributed by atoms with Crippen molar-refractivity contribution < 1.29 is 17.0 Å². The Labute approximate surface area is 145 Å². The van der Waals surface area contributed by atoms with Gasteiger partial charge < -0.3 is 0 Å². The van der Waals surface area contributed by atoms with Gasteiger partial charge in [-0.3, -0.25) is 4.18 Å². The molecule has 0 N–H and O–H groups in total. The van der Waals surface area contributed by atoms with E-state index < -0.39 is 10.1 Å². The highest BCUT2D eigenvalue weighted by Crippen LogP contribution is 2.34. The van der Waals surface area contributed by atoms with Gasteiger partial charge in [0.1, 0.15) is 11.0 Å². The molecule has 1 aliphatic rings. The van der Waals surface area contributed by atoms with E-state index >= 15 is 0 Å². The average Bonchev–Trinajstić information content (AvgIpc) is 2.96. The summed E-state index contributed by atoms with van der Waals surface area (Å²) in [5.74, 6) is -0.505. The molecule has 4 nitrogen and oxygen atoms in total. The van der Waals surface area contributed by atoms with Gasteiger partial charge in [-0.1, -0.05) is 29.3 Å². The standard InChI is InChI=1S/C17H17ClFNO3S/c1-10-3-5-13(6-4-10)24(21,22)23-9-12-7-14-15(8-12)17(18)20-11(2)16(14)19/h3-6,12H,7-9H2,1-2H3. The van der Waals surface area contributed by atoms with Crippen LogP contribution in [0.1, 0.15) is 22.4 Å². The van der Waals surface area contributed by atoms with Crippen molar-refractivity contribution in [2.24, 2.45) is 5.92 Å². The zero-order valence-electron chi connectivity index (χ0n) is 13.3. The fourth-order valence-electron chi connectivity index (χ4n) is 2.89. The maximum absolute atomic E-state index is 14.2. The predicted octanol–water partition coefficient (Wildman–Crippen LogP) is 3.61. The number of rotatable bonds is 4. The topological polar surface area (TPSA) is 56.3 Å². The van der Waals surface area contributed by atoms with Gasteiger partial charge in [0.05, 0.1) is 17.2 Å². The highest BCUT2D eigenvalue weighted by atomic mass is 35.5. The van der Waals surface area contributed by atoms with Crippen LogP contribution in [-0.2, 0) is 27.1 Å². The molecule has 1 aliphatic carbocycles. The molecule has 2 aromatic rings. The van der Waals surface area contributed by atoms with Crippen molar-refractivity contribution >= 4 is 21.7 Å². The van der Waals surface area contributed by atoms with E-state index in [-0.39, 0.29) is 34.1 Å². The molecule has 0 fully saturated rings. The van der Waals surface area contributed by atoms with Crippen molar-refractivity contribution in [1.82, 2.24) is 4.98 Å². The Bertz CT molecular complexity index is 882. The second kappa shape index (κ2) is 6.43. The Balaban J connectivity index is 1.72. The van der Waals surface area contributed by atoms with Gasteiger partial charge in [0.25, 0.3) is 10.1 Å². The lowest BCUT2D eigenvalue weighted by atomic mass is 10.1. The van der Waals surface area contributed by atoms with Crippen molar-refractivity contribution in [2.75, 3.05) is 6.61 Å². The molecule has 1 heterocycles. The Morgan fingerprint density at radius 1 is 1.21 bits per heavy atom. The van der Waals surface area contributed by atoms with Crippen molar-refractivity contribution in [3.05, 3.63) is 57.6 Å². The summed E-state index contributed by atoms with van der Waals surface area (Å²) in [7, 11) is -3.82. The maximum atomic E-state index is 14.2. The van der Waals surface area contributed by atoms with E-state index in [1.807, 2.05) is 6.92 Å². The zero-order chi connectivity index (χ0) is 17.5. The number of nitrogens with zero attached hydrogens (tertiary/aromatic N) is 1. The first-order valence-corrected chi connectivity index (χ1v) is 9.36. The third-order valence-corrected chi connectivity index (χ3v) is 5.82. The molecule has 1 unspecified atom stereocenters. The second-order valence-corrected chi connectivity index (χ2v) is 8.06. The Hall–Kier alpha value is -1.50. The summed E-state index contributed by atoms with van der Waals surface area (Å²) in [6.45, 7) is 3.42. The molecule has 1 aromatic carbocycles. The molecule has 1 aromatic heterocycles. The smallest absolute Gasteiger partial charge is 0.266 e. The minimum atomic E-state index is -3.82. The van der Waals surface area contributed by atoms with Gasteiger partial charge in [0, 0.05) is 0 Å². The average molecular weight is 370 g/mol. The molecule has 24 heavy (non-hydrogen) atoms. The van der Waals surface area contributed by atoms with Gasteiger partial charge in [-0.2, -0.15) is 8.42 Å². The SMILES string of the molecule is Cc1ccc(S(=O)(=O)OCC2Cc3c(Cl)nc(C)c(F)c3C2)cc1. The Morgan fingerprint density at radius 2 is 1.83 bits per heavy atom. The molecule has 0 saturated heterocycles. The van der Waals surface area contributed by atoms with E-state index in [0.717, 1.165) is 5.56 Å². The molecule has 0 spiro atoms. The summed E-state index contributed by atoms with van der Waals surface area (Å²) in [5.41, 5.74) is 2.40. The van der Waals surface area contributed by atoms with Crippen LogP contribution in [0.3, 0.4) is 0 Å². The van der Waals surface area contributed by atoms with Gasteiger partial charge in [-0.25, -0.2) is 9.37 Å². The van der Waals surface area contributed by atoms with E-state index in [2.05, 4.69) is 4.98 Å². The Morgan fingerprint density at radius 3 is 2.50 bits per heavy atom. The third-order valence-electron chi connectivity index (χ3n) is 4.22. The van der Waals surface area contributed by atoms with Gasteiger partial charge in [-0.15, -0.1) is 0 Å². The monoisotopic (exact) mass is 369 g/mol.